The summed E-state index contributed by atoms with van der Waals surface area (Å²) < 4.78 is 30.5. The van der Waals surface area contributed by atoms with Crippen LogP contribution < -0.4 is 4.74 Å². The molecule has 0 atom stereocenters. The van der Waals surface area contributed by atoms with Gasteiger partial charge in [-0.05, 0) is 20.8 Å². The van der Waals surface area contributed by atoms with Crippen LogP contribution in [0.15, 0.2) is 6.33 Å². The van der Waals surface area contributed by atoms with Gasteiger partial charge in [-0.15, -0.1) is 0 Å². The third-order valence-electron chi connectivity index (χ3n) is 1.46. The molecular formula is C11H12F2N2O. The zero-order valence-electron chi connectivity index (χ0n) is 9.34. The highest BCUT2D eigenvalue weighted by Gasteiger charge is 2.11. The zero-order chi connectivity index (χ0) is 12.2. The standard InChI is InChI=1S/C11H12F2N2O/c1-11(2,3)5-4-6-16-10-8(12)9(13)14-7-15-10/h7H,6H2,1-3H3. The Bertz CT molecular complexity index is 430. The molecule has 0 bridgehead atoms. The minimum absolute atomic E-state index is 0.0371. The van der Waals surface area contributed by atoms with Crippen LogP contribution in [-0.4, -0.2) is 16.6 Å². The summed E-state index contributed by atoms with van der Waals surface area (Å²) in [6.45, 7) is 5.77. The summed E-state index contributed by atoms with van der Waals surface area (Å²) in [5, 5.41) is 0. The van der Waals surface area contributed by atoms with Crippen LogP contribution in [0.5, 0.6) is 5.88 Å². The molecule has 1 heterocycles. The topological polar surface area (TPSA) is 35.0 Å². The molecule has 86 valence electrons. The van der Waals surface area contributed by atoms with Crippen LogP contribution in [0, 0.1) is 29.0 Å². The Morgan fingerprint density at radius 2 is 2.00 bits per heavy atom. The second-order valence-electron chi connectivity index (χ2n) is 4.12. The molecule has 0 aliphatic rings. The number of rotatable bonds is 2. The van der Waals surface area contributed by atoms with Gasteiger partial charge in [-0.25, -0.2) is 4.98 Å². The van der Waals surface area contributed by atoms with E-state index in [0.717, 1.165) is 6.33 Å². The molecule has 0 N–H and O–H groups in total. The lowest BCUT2D eigenvalue weighted by atomic mass is 9.98. The first-order valence-corrected chi connectivity index (χ1v) is 4.69. The second kappa shape index (κ2) is 4.88. The Labute approximate surface area is 92.9 Å². The molecule has 0 spiro atoms. The molecule has 0 aromatic carbocycles. The summed E-state index contributed by atoms with van der Waals surface area (Å²) in [5.74, 6) is 2.75. The van der Waals surface area contributed by atoms with E-state index in [1.807, 2.05) is 20.8 Å². The van der Waals surface area contributed by atoms with Crippen molar-refractivity contribution in [1.82, 2.24) is 9.97 Å². The number of hydrogen-bond donors (Lipinski definition) is 0. The van der Waals surface area contributed by atoms with Gasteiger partial charge < -0.3 is 4.74 Å². The average molecular weight is 226 g/mol. The molecule has 1 rings (SSSR count). The van der Waals surface area contributed by atoms with E-state index in [1.54, 1.807) is 0 Å². The maximum atomic E-state index is 13.0. The minimum atomic E-state index is -1.23. The number of nitrogens with zero attached hydrogens (tertiary/aromatic N) is 2. The van der Waals surface area contributed by atoms with Gasteiger partial charge >= 0.3 is 0 Å². The predicted molar refractivity (Wildman–Crippen MR) is 54.7 cm³/mol. The summed E-state index contributed by atoms with van der Waals surface area (Å²) in [6, 6.07) is 0. The summed E-state index contributed by atoms with van der Waals surface area (Å²) >= 11 is 0. The molecule has 1 aromatic rings. The first kappa shape index (κ1) is 12.4. The largest absolute Gasteiger partial charge is 0.462 e. The lowest BCUT2D eigenvalue weighted by Gasteiger charge is -2.07. The van der Waals surface area contributed by atoms with E-state index >= 15 is 0 Å². The number of hydrogen-bond acceptors (Lipinski definition) is 3. The van der Waals surface area contributed by atoms with Crippen molar-refractivity contribution in [3.05, 3.63) is 18.1 Å². The van der Waals surface area contributed by atoms with Crippen molar-refractivity contribution in [3.63, 3.8) is 0 Å². The SMILES string of the molecule is CC(C)(C)C#CCOc1ncnc(F)c1F. The number of aromatic nitrogens is 2. The molecule has 0 radical (unpaired) electrons. The quantitative estimate of drug-likeness (QED) is 0.572. The van der Waals surface area contributed by atoms with Gasteiger partial charge in [-0.3, -0.25) is 0 Å². The van der Waals surface area contributed by atoms with Gasteiger partial charge in [0.15, 0.2) is 6.61 Å². The first-order valence-electron chi connectivity index (χ1n) is 4.69. The van der Waals surface area contributed by atoms with Crippen LogP contribution in [0.1, 0.15) is 20.8 Å². The molecule has 0 saturated carbocycles. The fraction of sp³-hybridized carbons (Fsp3) is 0.455. The Hall–Kier alpha value is -1.70. The van der Waals surface area contributed by atoms with E-state index in [1.165, 1.54) is 0 Å². The molecule has 0 unspecified atom stereocenters. The summed E-state index contributed by atoms with van der Waals surface area (Å²) in [4.78, 5) is 6.50. The molecule has 0 amide bonds. The summed E-state index contributed by atoms with van der Waals surface area (Å²) in [5.41, 5.74) is -0.154. The molecule has 0 fully saturated rings. The van der Waals surface area contributed by atoms with Crippen molar-refractivity contribution in [2.75, 3.05) is 6.61 Å². The highest BCUT2D eigenvalue weighted by molar-refractivity contribution is 5.13. The van der Waals surface area contributed by atoms with Crippen LogP contribution in [0.4, 0.5) is 8.78 Å². The maximum absolute atomic E-state index is 13.0. The van der Waals surface area contributed by atoms with Crippen molar-refractivity contribution in [3.8, 4) is 17.7 Å². The van der Waals surface area contributed by atoms with E-state index in [-0.39, 0.29) is 12.0 Å². The predicted octanol–water partition coefficient (Wildman–Crippen LogP) is 2.18. The molecule has 16 heavy (non-hydrogen) atoms. The van der Waals surface area contributed by atoms with Gasteiger partial charge in [0.2, 0.25) is 5.82 Å². The monoisotopic (exact) mass is 226 g/mol. The molecule has 0 aliphatic heterocycles. The number of ether oxygens (including phenoxy) is 1. The fourth-order valence-electron chi connectivity index (χ4n) is 0.840. The Morgan fingerprint density at radius 1 is 1.31 bits per heavy atom. The van der Waals surface area contributed by atoms with Gasteiger partial charge in [-0.1, -0.05) is 11.8 Å². The van der Waals surface area contributed by atoms with E-state index in [9.17, 15) is 8.78 Å². The van der Waals surface area contributed by atoms with Crippen molar-refractivity contribution in [2.24, 2.45) is 5.41 Å². The van der Waals surface area contributed by atoms with E-state index < -0.39 is 17.6 Å². The van der Waals surface area contributed by atoms with Gasteiger partial charge in [0.05, 0.1) is 0 Å². The number of halogens is 2. The summed E-state index contributed by atoms with van der Waals surface area (Å²) in [6.07, 6.45) is 0.894. The Kier molecular flexibility index (Phi) is 3.78. The Morgan fingerprint density at radius 3 is 2.62 bits per heavy atom. The minimum Gasteiger partial charge on any atom is -0.462 e. The van der Waals surface area contributed by atoms with E-state index in [0.29, 0.717) is 0 Å². The van der Waals surface area contributed by atoms with Gasteiger partial charge in [0.1, 0.15) is 6.33 Å². The van der Waals surface area contributed by atoms with Crippen LogP contribution in [-0.2, 0) is 0 Å². The van der Waals surface area contributed by atoms with E-state index in [2.05, 4.69) is 21.8 Å². The highest BCUT2D eigenvalue weighted by Crippen LogP contribution is 2.13. The fourth-order valence-corrected chi connectivity index (χ4v) is 0.840. The third kappa shape index (κ3) is 3.81. The van der Waals surface area contributed by atoms with Crippen molar-refractivity contribution >= 4 is 0 Å². The second-order valence-corrected chi connectivity index (χ2v) is 4.12. The molecular weight excluding hydrogens is 214 g/mol. The van der Waals surface area contributed by atoms with Crippen molar-refractivity contribution < 1.29 is 13.5 Å². The van der Waals surface area contributed by atoms with E-state index in [4.69, 9.17) is 4.74 Å². The van der Waals surface area contributed by atoms with Crippen molar-refractivity contribution in [2.45, 2.75) is 20.8 Å². The molecule has 5 heteroatoms. The van der Waals surface area contributed by atoms with Crippen LogP contribution in [0.3, 0.4) is 0 Å². The lowest BCUT2D eigenvalue weighted by molar-refractivity contribution is 0.317. The summed E-state index contributed by atoms with van der Waals surface area (Å²) in [7, 11) is 0. The third-order valence-corrected chi connectivity index (χ3v) is 1.46. The van der Waals surface area contributed by atoms with Crippen molar-refractivity contribution in [1.29, 1.82) is 0 Å². The van der Waals surface area contributed by atoms with Crippen LogP contribution in [0.25, 0.3) is 0 Å². The average Bonchev–Trinajstić information content (AvgIpc) is 2.17. The van der Waals surface area contributed by atoms with Gasteiger partial charge in [-0.2, -0.15) is 13.8 Å². The normalized spacial score (nSPS) is 10.6. The Balaban J connectivity index is 2.62. The van der Waals surface area contributed by atoms with Gasteiger partial charge in [0, 0.05) is 5.41 Å². The molecule has 3 nitrogen and oxygen atoms in total. The molecule has 0 saturated heterocycles. The molecule has 0 aliphatic carbocycles. The maximum Gasteiger partial charge on any atom is 0.257 e. The smallest absolute Gasteiger partial charge is 0.257 e. The zero-order valence-corrected chi connectivity index (χ0v) is 9.34. The van der Waals surface area contributed by atoms with Crippen LogP contribution >= 0.6 is 0 Å². The van der Waals surface area contributed by atoms with Crippen LogP contribution in [0.2, 0.25) is 0 Å². The molecule has 1 aromatic heterocycles. The lowest BCUT2D eigenvalue weighted by Crippen LogP contribution is -2.04. The van der Waals surface area contributed by atoms with Gasteiger partial charge in [0.25, 0.3) is 11.8 Å². The highest BCUT2D eigenvalue weighted by atomic mass is 19.2. The first-order chi connectivity index (χ1) is 7.40.